The van der Waals surface area contributed by atoms with E-state index in [0.717, 1.165) is 25.7 Å². The number of amides is 2. The van der Waals surface area contributed by atoms with Crippen LogP contribution in [0.3, 0.4) is 0 Å². The molecule has 2 aromatic carbocycles. The highest BCUT2D eigenvalue weighted by atomic mass is 35.5. The molecule has 1 unspecified atom stereocenters. The van der Waals surface area contributed by atoms with Crippen LogP contribution >= 0.6 is 23.2 Å². The molecule has 2 heterocycles. The van der Waals surface area contributed by atoms with Crippen LogP contribution in [0.15, 0.2) is 36.4 Å². The second-order valence-corrected chi connectivity index (χ2v) is 9.84. The lowest BCUT2D eigenvalue weighted by atomic mass is 9.94. The largest absolute Gasteiger partial charge is 0.454 e. The van der Waals surface area contributed by atoms with Crippen molar-refractivity contribution in [2.24, 2.45) is 5.92 Å². The van der Waals surface area contributed by atoms with Crippen LogP contribution in [0.2, 0.25) is 10.0 Å². The first-order chi connectivity index (χ1) is 16.5. The zero-order valence-electron chi connectivity index (χ0n) is 18.8. The number of hydrogen-bond acceptors (Lipinski definition) is 5. The van der Waals surface area contributed by atoms with Crippen molar-refractivity contribution in [1.82, 2.24) is 9.80 Å². The molecule has 1 N–H and O–H groups in total. The minimum Gasteiger partial charge on any atom is -0.454 e. The molecule has 180 valence electrons. The van der Waals surface area contributed by atoms with Gasteiger partial charge < -0.3 is 19.7 Å². The summed E-state index contributed by atoms with van der Waals surface area (Å²) >= 11 is 12.2. The molecule has 1 saturated heterocycles. The van der Waals surface area contributed by atoms with Crippen molar-refractivity contribution in [3.63, 3.8) is 0 Å². The Balaban J connectivity index is 1.27. The van der Waals surface area contributed by atoms with E-state index in [1.54, 1.807) is 29.2 Å². The molecule has 5 rings (SSSR count). The first-order valence-electron chi connectivity index (χ1n) is 11.7. The van der Waals surface area contributed by atoms with Crippen LogP contribution in [0, 0.1) is 5.92 Å². The van der Waals surface area contributed by atoms with E-state index in [1.807, 2.05) is 12.1 Å². The maximum Gasteiger partial charge on any atom is 0.255 e. The fourth-order valence-electron chi connectivity index (χ4n) is 5.18. The molecule has 34 heavy (non-hydrogen) atoms. The van der Waals surface area contributed by atoms with Crippen LogP contribution < -0.4 is 14.8 Å². The number of halogens is 2. The fraction of sp³-hybridized carbons (Fsp3) is 0.440. The number of anilines is 1. The van der Waals surface area contributed by atoms with Crippen LogP contribution in [0.4, 0.5) is 5.69 Å². The van der Waals surface area contributed by atoms with Crippen LogP contribution in [0.25, 0.3) is 0 Å². The average Bonchev–Trinajstić information content (AvgIpc) is 3.51. The summed E-state index contributed by atoms with van der Waals surface area (Å²) in [7, 11) is 0. The van der Waals surface area contributed by atoms with Crippen LogP contribution in [-0.2, 0) is 4.79 Å². The highest BCUT2D eigenvalue weighted by Gasteiger charge is 2.37. The third-order valence-corrected chi connectivity index (χ3v) is 7.46. The topological polar surface area (TPSA) is 71.1 Å². The smallest absolute Gasteiger partial charge is 0.255 e. The molecule has 1 saturated carbocycles. The third kappa shape index (κ3) is 4.83. The van der Waals surface area contributed by atoms with Crippen LogP contribution in [0.5, 0.6) is 11.5 Å². The Hall–Kier alpha value is -2.48. The summed E-state index contributed by atoms with van der Waals surface area (Å²) in [5.74, 6) is 1.52. The first-order valence-corrected chi connectivity index (χ1v) is 12.4. The van der Waals surface area contributed by atoms with E-state index in [-0.39, 0.29) is 24.6 Å². The van der Waals surface area contributed by atoms with Gasteiger partial charge in [-0.15, -0.1) is 0 Å². The van der Waals surface area contributed by atoms with Crippen LogP contribution in [-0.4, -0.2) is 60.6 Å². The lowest BCUT2D eigenvalue weighted by Gasteiger charge is -2.40. The number of carbonyl (C=O) groups is 2. The quantitative estimate of drug-likeness (QED) is 0.641. The molecule has 0 spiro atoms. The van der Waals surface area contributed by atoms with Crippen LogP contribution in [0.1, 0.15) is 36.0 Å². The SMILES string of the molecule is O=C(Nc1ccc2c(c1)OCO2)C(C1CCCC1)N1CCN(C(=O)c2ccc(Cl)cc2Cl)CC1. The number of nitrogens with zero attached hydrogens (tertiary/aromatic N) is 2. The predicted octanol–water partition coefficient (Wildman–Crippen LogP) is 4.68. The van der Waals surface area contributed by atoms with E-state index in [4.69, 9.17) is 32.7 Å². The summed E-state index contributed by atoms with van der Waals surface area (Å²) in [6.45, 7) is 2.54. The van der Waals surface area contributed by atoms with Gasteiger partial charge in [0.2, 0.25) is 12.7 Å². The zero-order valence-corrected chi connectivity index (χ0v) is 20.3. The van der Waals surface area contributed by atoms with E-state index >= 15 is 0 Å². The first kappa shape index (κ1) is 23.3. The van der Waals surface area contributed by atoms with Crippen molar-refractivity contribution in [2.45, 2.75) is 31.7 Å². The zero-order chi connectivity index (χ0) is 23.7. The molecule has 2 amide bonds. The van der Waals surface area contributed by atoms with E-state index in [2.05, 4.69) is 10.2 Å². The number of piperazine rings is 1. The van der Waals surface area contributed by atoms with Gasteiger partial charge in [0.15, 0.2) is 11.5 Å². The van der Waals surface area contributed by atoms with Gasteiger partial charge in [-0.05, 0) is 49.1 Å². The van der Waals surface area contributed by atoms with E-state index < -0.39 is 0 Å². The fourth-order valence-corrected chi connectivity index (χ4v) is 5.67. The Morgan fingerprint density at radius 2 is 1.68 bits per heavy atom. The van der Waals surface area contributed by atoms with Gasteiger partial charge in [0.1, 0.15) is 0 Å². The normalized spacial score (nSPS) is 19.3. The third-order valence-electron chi connectivity index (χ3n) is 6.91. The lowest BCUT2D eigenvalue weighted by molar-refractivity contribution is -0.123. The van der Waals surface area contributed by atoms with Gasteiger partial charge in [0, 0.05) is 43.0 Å². The number of fused-ring (bicyclic) bond motifs is 1. The van der Waals surface area contributed by atoms with Gasteiger partial charge in [0.05, 0.1) is 16.6 Å². The van der Waals surface area contributed by atoms with Gasteiger partial charge in [-0.2, -0.15) is 0 Å². The molecule has 2 aliphatic heterocycles. The molecule has 2 aromatic rings. The molecule has 1 aliphatic carbocycles. The van der Waals surface area contributed by atoms with Crippen molar-refractivity contribution in [1.29, 1.82) is 0 Å². The minimum atomic E-state index is -0.232. The van der Waals surface area contributed by atoms with Gasteiger partial charge in [-0.1, -0.05) is 36.0 Å². The second-order valence-electron chi connectivity index (χ2n) is 9.00. The van der Waals surface area contributed by atoms with Gasteiger partial charge >= 0.3 is 0 Å². The second kappa shape index (κ2) is 10.0. The molecule has 0 bridgehead atoms. The summed E-state index contributed by atoms with van der Waals surface area (Å²) in [4.78, 5) is 30.5. The summed E-state index contributed by atoms with van der Waals surface area (Å²) in [5.41, 5.74) is 1.15. The lowest BCUT2D eigenvalue weighted by Crippen LogP contribution is -2.57. The maximum absolute atomic E-state index is 13.5. The number of ether oxygens (including phenoxy) is 2. The molecule has 0 aromatic heterocycles. The molecule has 7 nitrogen and oxygen atoms in total. The number of rotatable bonds is 5. The molecular weight excluding hydrogens is 477 g/mol. The Kier molecular flexibility index (Phi) is 6.86. The van der Waals surface area contributed by atoms with Crippen molar-refractivity contribution >= 4 is 40.7 Å². The molecule has 1 atom stereocenters. The summed E-state index contributed by atoms with van der Waals surface area (Å²) < 4.78 is 10.8. The Labute approximate surface area is 208 Å². The summed E-state index contributed by atoms with van der Waals surface area (Å²) in [6, 6.07) is 10.1. The highest BCUT2D eigenvalue weighted by Crippen LogP contribution is 2.35. The number of hydrogen-bond donors (Lipinski definition) is 1. The van der Waals surface area contributed by atoms with E-state index in [0.29, 0.717) is 64.9 Å². The van der Waals surface area contributed by atoms with Gasteiger partial charge in [0.25, 0.3) is 5.91 Å². The van der Waals surface area contributed by atoms with E-state index in [9.17, 15) is 9.59 Å². The molecule has 3 aliphatic rings. The number of carbonyl (C=O) groups excluding carboxylic acids is 2. The number of nitrogens with one attached hydrogen (secondary N) is 1. The summed E-state index contributed by atoms with van der Waals surface area (Å²) in [6.07, 6.45) is 4.37. The highest BCUT2D eigenvalue weighted by molar-refractivity contribution is 6.36. The Bertz CT molecular complexity index is 1080. The number of benzene rings is 2. The maximum atomic E-state index is 13.5. The molecular formula is C25H27Cl2N3O4. The predicted molar refractivity (Wildman–Crippen MR) is 131 cm³/mol. The average molecular weight is 504 g/mol. The standard InChI is InChI=1S/C25H27Cl2N3O4/c26-17-5-7-19(20(27)13-17)25(32)30-11-9-29(10-12-30)23(16-3-1-2-4-16)24(31)28-18-6-8-21-22(14-18)34-15-33-21/h5-8,13-14,16,23H,1-4,9-12,15H2,(H,28,31). The Morgan fingerprint density at radius 3 is 2.41 bits per heavy atom. The van der Waals surface area contributed by atoms with Crippen molar-refractivity contribution in [3.05, 3.63) is 52.0 Å². The monoisotopic (exact) mass is 503 g/mol. The minimum absolute atomic E-state index is 0.00807. The molecule has 9 heteroatoms. The molecule has 0 radical (unpaired) electrons. The van der Waals surface area contributed by atoms with Crippen molar-refractivity contribution in [3.8, 4) is 11.5 Å². The van der Waals surface area contributed by atoms with Gasteiger partial charge in [-0.3, -0.25) is 14.5 Å². The Morgan fingerprint density at radius 1 is 0.941 bits per heavy atom. The van der Waals surface area contributed by atoms with Gasteiger partial charge in [-0.25, -0.2) is 0 Å². The summed E-state index contributed by atoms with van der Waals surface area (Å²) in [5, 5.41) is 3.94. The van der Waals surface area contributed by atoms with Crippen molar-refractivity contribution < 1.29 is 19.1 Å². The molecule has 2 fully saturated rings. The van der Waals surface area contributed by atoms with E-state index in [1.165, 1.54) is 0 Å². The van der Waals surface area contributed by atoms with Crippen molar-refractivity contribution in [2.75, 3.05) is 38.3 Å².